The van der Waals surface area contributed by atoms with Gasteiger partial charge in [0.1, 0.15) is 17.8 Å². The molecule has 0 aromatic carbocycles. The van der Waals surface area contributed by atoms with E-state index in [0.717, 1.165) is 5.69 Å². The lowest BCUT2D eigenvalue weighted by molar-refractivity contribution is -0.141. The van der Waals surface area contributed by atoms with E-state index in [0.29, 0.717) is 11.0 Å². The summed E-state index contributed by atoms with van der Waals surface area (Å²) in [6.45, 7) is 3.42. The number of H-pyrrole nitrogens is 1. The molecule has 0 aliphatic carbocycles. The van der Waals surface area contributed by atoms with Crippen LogP contribution in [0, 0.1) is 6.92 Å². The highest BCUT2D eigenvalue weighted by molar-refractivity contribution is 5.98. The lowest BCUT2D eigenvalue weighted by atomic mass is 10.2. The molecule has 2 aromatic heterocycles. The molecule has 0 unspecified atom stereocenters. The molecule has 2 rings (SSSR count). The third-order valence-corrected chi connectivity index (χ3v) is 2.82. The number of nitrogens with zero attached hydrogens (tertiary/aromatic N) is 1. The molecule has 2 aromatic rings. The lowest BCUT2D eigenvalue weighted by Crippen LogP contribution is -2.33. The Hall–Kier alpha value is -2.70. The highest BCUT2D eigenvalue weighted by Crippen LogP contribution is 2.06. The maximum atomic E-state index is 12.2. The summed E-state index contributed by atoms with van der Waals surface area (Å²) < 4.78 is 4.69. The van der Waals surface area contributed by atoms with E-state index in [1.807, 2.05) is 0 Å². The number of hydrogen-bond acceptors (Lipinski definition) is 5. The average molecular weight is 289 g/mol. The third kappa shape index (κ3) is 3.25. The number of rotatable bonds is 4. The van der Waals surface area contributed by atoms with Crippen LogP contribution in [0.25, 0.3) is 11.0 Å². The standard InChI is InChI=1S/C14H15N3O4/c1-3-21-11(18)7-16-14(20)10-6-15-13-9(12(10)19)5-4-8(2)17-13/h4-6H,3,7H2,1-2H3,(H,16,20)(H,15,17,19). The van der Waals surface area contributed by atoms with Crippen molar-refractivity contribution < 1.29 is 14.3 Å². The van der Waals surface area contributed by atoms with E-state index in [4.69, 9.17) is 4.74 Å². The predicted octanol–water partition coefficient (Wildman–Crippen LogP) is 0.524. The number of fused-ring (bicyclic) bond motifs is 1. The van der Waals surface area contributed by atoms with Gasteiger partial charge in [0.05, 0.1) is 12.0 Å². The molecule has 7 heteroatoms. The number of amides is 1. The smallest absolute Gasteiger partial charge is 0.325 e. The van der Waals surface area contributed by atoms with Crippen LogP contribution < -0.4 is 10.7 Å². The van der Waals surface area contributed by atoms with Gasteiger partial charge >= 0.3 is 5.97 Å². The summed E-state index contributed by atoms with van der Waals surface area (Å²) in [6, 6.07) is 3.30. The molecule has 0 bridgehead atoms. The molecule has 1 amide bonds. The second kappa shape index (κ2) is 6.17. The summed E-state index contributed by atoms with van der Waals surface area (Å²) in [5, 5.41) is 2.67. The molecular weight excluding hydrogens is 274 g/mol. The predicted molar refractivity (Wildman–Crippen MR) is 76.1 cm³/mol. The molecule has 0 aliphatic rings. The van der Waals surface area contributed by atoms with Gasteiger partial charge in [0.15, 0.2) is 0 Å². The summed E-state index contributed by atoms with van der Waals surface area (Å²) in [4.78, 5) is 42.3. The topological polar surface area (TPSA) is 101 Å². The van der Waals surface area contributed by atoms with Crippen molar-refractivity contribution in [3.8, 4) is 0 Å². The molecule has 0 spiro atoms. The van der Waals surface area contributed by atoms with E-state index in [9.17, 15) is 14.4 Å². The Labute approximate surface area is 120 Å². The largest absolute Gasteiger partial charge is 0.465 e. The van der Waals surface area contributed by atoms with Crippen LogP contribution >= 0.6 is 0 Å². The van der Waals surface area contributed by atoms with Crippen molar-refractivity contribution in [3.05, 3.63) is 39.8 Å². The number of aryl methyl sites for hydroxylation is 1. The van der Waals surface area contributed by atoms with Crippen molar-refractivity contribution in [1.82, 2.24) is 15.3 Å². The zero-order chi connectivity index (χ0) is 15.4. The summed E-state index contributed by atoms with van der Waals surface area (Å²) in [7, 11) is 0. The summed E-state index contributed by atoms with van der Waals surface area (Å²) in [5.74, 6) is -1.19. The maximum absolute atomic E-state index is 12.2. The number of nitrogens with one attached hydrogen (secondary N) is 2. The lowest BCUT2D eigenvalue weighted by Gasteiger charge is -2.05. The van der Waals surface area contributed by atoms with E-state index in [1.165, 1.54) is 6.20 Å². The van der Waals surface area contributed by atoms with E-state index < -0.39 is 17.3 Å². The zero-order valence-electron chi connectivity index (χ0n) is 11.7. The minimum atomic E-state index is -0.633. The first-order valence-electron chi connectivity index (χ1n) is 6.45. The molecule has 0 fully saturated rings. The van der Waals surface area contributed by atoms with Crippen molar-refractivity contribution in [1.29, 1.82) is 0 Å². The Morgan fingerprint density at radius 2 is 2.14 bits per heavy atom. The highest BCUT2D eigenvalue weighted by atomic mass is 16.5. The molecular formula is C14H15N3O4. The molecule has 0 radical (unpaired) electrons. The van der Waals surface area contributed by atoms with Crippen molar-refractivity contribution in [3.63, 3.8) is 0 Å². The van der Waals surface area contributed by atoms with Gasteiger partial charge in [-0.3, -0.25) is 14.4 Å². The number of carbonyl (C=O) groups excluding carboxylic acids is 2. The normalized spacial score (nSPS) is 10.4. The molecule has 7 nitrogen and oxygen atoms in total. The van der Waals surface area contributed by atoms with E-state index in [2.05, 4.69) is 15.3 Å². The van der Waals surface area contributed by atoms with Gasteiger partial charge in [0, 0.05) is 11.9 Å². The van der Waals surface area contributed by atoms with Gasteiger partial charge in [-0.15, -0.1) is 0 Å². The summed E-state index contributed by atoms with van der Waals surface area (Å²) in [6.07, 6.45) is 1.29. The molecule has 0 aliphatic heterocycles. The van der Waals surface area contributed by atoms with Crippen molar-refractivity contribution in [2.75, 3.05) is 13.2 Å². The number of carbonyl (C=O) groups is 2. The number of ether oxygens (including phenoxy) is 1. The molecule has 21 heavy (non-hydrogen) atoms. The third-order valence-electron chi connectivity index (χ3n) is 2.82. The van der Waals surface area contributed by atoms with E-state index in [-0.39, 0.29) is 18.7 Å². The fourth-order valence-electron chi connectivity index (χ4n) is 1.83. The van der Waals surface area contributed by atoms with Gasteiger partial charge in [-0.05, 0) is 26.0 Å². The fourth-order valence-corrected chi connectivity index (χ4v) is 1.83. The monoisotopic (exact) mass is 289 g/mol. The minimum Gasteiger partial charge on any atom is -0.465 e. The van der Waals surface area contributed by atoms with Crippen LogP contribution in [0.3, 0.4) is 0 Å². The number of hydrogen-bond donors (Lipinski definition) is 2. The first-order chi connectivity index (χ1) is 10.0. The summed E-state index contributed by atoms with van der Waals surface area (Å²) in [5.41, 5.74) is 0.676. The SMILES string of the molecule is CCOC(=O)CNC(=O)c1c[nH]c2nc(C)ccc2c1=O. The molecule has 2 heterocycles. The average Bonchev–Trinajstić information content (AvgIpc) is 2.45. The van der Waals surface area contributed by atoms with Gasteiger partial charge in [0.25, 0.3) is 5.91 Å². The summed E-state index contributed by atoms with van der Waals surface area (Å²) >= 11 is 0. The Balaban J connectivity index is 2.24. The van der Waals surface area contributed by atoms with Gasteiger partial charge < -0.3 is 15.0 Å². The van der Waals surface area contributed by atoms with Crippen molar-refractivity contribution >= 4 is 22.9 Å². The molecule has 110 valence electrons. The molecule has 0 atom stereocenters. The van der Waals surface area contributed by atoms with Crippen LogP contribution in [-0.2, 0) is 9.53 Å². The molecule has 0 saturated heterocycles. The fraction of sp³-hybridized carbons (Fsp3) is 0.286. The second-order valence-electron chi connectivity index (χ2n) is 4.37. The Kier molecular flexibility index (Phi) is 4.32. The molecule has 2 N–H and O–H groups in total. The number of esters is 1. The first kappa shape index (κ1) is 14.7. The van der Waals surface area contributed by atoms with Crippen LogP contribution in [0.15, 0.2) is 23.1 Å². The Bertz CT molecular complexity index is 751. The second-order valence-corrected chi connectivity index (χ2v) is 4.37. The Morgan fingerprint density at radius 3 is 2.86 bits per heavy atom. The highest BCUT2D eigenvalue weighted by Gasteiger charge is 2.14. The van der Waals surface area contributed by atoms with Crippen LogP contribution in [0.4, 0.5) is 0 Å². The van der Waals surface area contributed by atoms with Gasteiger partial charge in [-0.2, -0.15) is 0 Å². The first-order valence-corrected chi connectivity index (χ1v) is 6.45. The maximum Gasteiger partial charge on any atom is 0.325 e. The van der Waals surface area contributed by atoms with Crippen LogP contribution in [0.1, 0.15) is 23.0 Å². The Morgan fingerprint density at radius 1 is 1.38 bits per heavy atom. The number of aromatic amines is 1. The van der Waals surface area contributed by atoms with E-state index in [1.54, 1.807) is 26.0 Å². The van der Waals surface area contributed by atoms with Crippen molar-refractivity contribution in [2.24, 2.45) is 0 Å². The number of pyridine rings is 2. The zero-order valence-corrected chi connectivity index (χ0v) is 11.7. The van der Waals surface area contributed by atoms with Crippen molar-refractivity contribution in [2.45, 2.75) is 13.8 Å². The number of aromatic nitrogens is 2. The van der Waals surface area contributed by atoms with Gasteiger partial charge in [-0.25, -0.2) is 4.98 Å². The van der Waals surface area contributed by atoms with E-state index >= 15 is 0 Å². The van der Waals surface area contributed by atoms with Gasteiger partial charge in [-0.1, -0.05) is 0 Å². The van der Waals surface area contributed by atoms with Crippen LogP contribution in [0.5, 0.6) is 0 Å². The van der Waals surface area contributed by atoms with Gasteiger partial charge in [0.2, 0.25) is 5.43 Å². The van der Waals surface area contributed by atoms with Crippen LogP contribution in [-0.4, -0.2) is 35.0 Å². The van der Waals surface area contributed by atoms with Crippen LogP contribution in [0.2, 0.25) is 0 Å². The minimum absolute atomic E-state index is 0.0718. The molecule has 0 saturated carbocycles. The quantitative estimate of drug-likeness (QED) is 0.799.